The molecule has 1 unspecified atom stereocenters. The van der Waals surface area contributed by atoms with Crippen molar-refractivity contribution < 1.29 is 18.0 Å². The van der Waals surface area contributed by atoms with Gasteiger partial charge in [0.2, 0.25) is 11.8 Å². The lowest BCUT2D eigenvalue weighted by molar-refractivity contribution is -0.140. The Kier molecular flexibility index (Phi) is 11.7. The van der Waals surface area contributed by atoms with E-state index in [1.807, 2.05) is 56.3 Å². The Morgan fingerprint density at radius 2 is 1.47 bits per heavy atom. The molecule has 0 aliphatic rings. The van der Waals surface area contributed by atoms with Gasteiger partial charge in [0.15, 0.2) is 0 Å². The molecular formula is C35H37Cl2N3O4S. The Morgan fingerprint density at radius 1 is 0.844 bits per heavy atom. The molecule has 1 atom stereocenters. The summed E-state index contributed by atoms with van der Waals surface area (Å²) >= 11 is 13.1. The fraction of sp³-hybridized carbons (Fsp3) is 0.257. The van der Waals surface area contributed by atoms with Gasteiger partial charge in [-0.05, 0) is 67.3 Å². The van der Waals surface area contributed by atoms with Crippen molar-refractivity contribution in [3.8, 4) is 0 Å². The molecule has 4 rings (SSSR count). The van der Waals surface area contributed by atoms with Crippen molar-refractivity contribution in [2.45, 2.75) is 51.1 Å². The van der Waals surface area contributed by atoms with Gasteiger partial charge in [-0.2, -0.15) is 0 Å². The molecule has 0 radical (unpaired) electrons. The van der Waals surface area contributed by atoms with E-state index in [2.05, 4.69) is 5.32 Å². The average molecular weight is 667 g/mol. The molecular weight excluding hydrogens is 629 g/mol. The minimum atomic E-state index is -4.20. The van der Waals surface area contributed by atoms with Gasteiger partial charge in [0.25, 0.3) is 10.0 Å². The lowest BCUT2D eigenvalue weighted by Gasteiger charge is -2.34. The third-order valence-electron chi connectivity index (χ3n) is 7.45. The SMILES string of the molecule is CCCNC(=O)C(Cc1ccccc1)N(Cc1c(Cl)cccc1Cl)C(=O)CN(c1cc(C)ccc1C)S(=O)(=O)c1ccccc1. The van der Waals surface area contributed by atoms with Crippen LogP contribution in [0.15, 0.2) is 102 Å². The van der Waals surface area contributed by atoms with Crippen LogP contribution >= 0.6 is 23.2 Å². The van der Waals surface area contributed by atoms with Gasteiger partial charge in [-0.1, -0.05) is 96.9 Å². The molecule has 236 valence electrons. The second-order valence-corrected chi connectivity index (χ2v) is 13.5. The number of amides is 2. The standard InChI is InChI=1S/C35H37Cl2N3O4S/c1-4-20-38-35(42)33(22-27-12-7-5-8-13-27)39(23-29-30(36)16-11-17-31(29)37)34(41)24-40(32-21-25(2)18-19-26(32)3)45(43,44)28-14-9-6-10-15-28/h5-19,21,33H,4,20,22-24H2,1-3H3,(H,38,42). The average Bonchev–Trinajstić information content (AvgIpc) is 3.03. The molecule has 2 amide bonds. The first-order valence-electron chi connectivity index (χ1n) is 14.7. The Hall–Kier alpha value is -3.85. The number of anilines is 1. The highest BCUT2D eigenvalue weighted by atomic mass is 35.5. The van der Waals surface area contributed by atoms with Crippen LogP contribution in [-0.4, -0.2) is 44.3 Å². The zero-order valence-electron chi connectivity index (χ0n) is 25.5. The number of hydrogen-bond donors (Lipinski definition) is 1. The zero-order valence-corrected chi connectivity index (χ0v) is 27.9. The summed E-state index contributed by atoms with van der Waals surface area (Å²) in [4.78, 5) is 29.8. The number of halogens is 2. The van der Waals surface area contributed by atoms with Gasteiger partial charge in [-0.25, -0.2) is 8.42 Å². The summed E-state index contributed by atoms with van der Waals surface area (Å²) in [5.74, 6) is -0.944. The number of benzene rings is 4. The first-order chi connectivity index (χ1) is 21.5. The van der Waals surface area contributed by atoms with Gasteiger partial charge in [0, 0.05) is 35.1 Å². The number of aryl methyl sites for hydroxylation is 2. The molecule has 4 aromatic carbocycles. The highest BCUT2D eigenvalue weighted by Crippen LogP contribution is 2.30. The smallest absolute Gasteiger partial charge is 0.264 e. The van der Waals surface area contributed by atoms with Crippen molar-refractivity contribution >= 4 is 50.7 Å². The van der Waals surface area contributed by atoms with Gasteiger partial charge >= 0.3 is 0 Å². The summed E-state index contributed by atoms with van der Waals surface area (Å²) in [6.07, 6.45) is 0.892. The number of carbonyl (C=O) groups excluding carboxylic acids is 2. The molecule has 0 saturated heterocycles. The van der Waals surface area contributed by atoms with Gasteiger partial charge in [-0.3, -0.25) is 13.9 Å². The van der Waals surface area contributed by atoms with Crippen LogP contribution in [0.1, 0.15) is 35.6 Å². The van der Waals surface area contributed by atoms with Crippen LogP contribution in [0, 0.1) is 13.8 Å². The first kappa shape index (κ1) is 34.0. The van der Waals surface area contributed by atoms with Gasteiger partial charge in [0.1, 0.15) is 12.6 Å². The Bertz CT molecular complexity index is 1710. The molecule has 0 saturated carbocycles. The largest absolute Gasteiger partial charge is 0.354 e. The maximum absolute atomic E-state index is 14.6. The molecule has 10 heteroatoms. The van der Waals surface area contributed by atoms with Crippen molar-refractivity contribution in [2.75, 3.05) is 17.4 Å². The van der Waals surface area contributed by atoms with Crippen molar-refractivity contribution in [2.24, 2.45) is 0 Å². The van der Waals surface area contributed by atoms with Crippen molar-refractivity contribution in [1.82, 2.24) is 10.2 Å². The van der Waals surface area contributed by atoms with E-state index in [-0.39, 0.29) is 23.8 Å². The van der Waals surface area contributed by atoms with Crippen molar-refractivity contribution in [3.63, 3.8) is 0 Å². The maximum atomic E-state index is 14.6. The molecule has 7 nitrogen and oxygen atoms in total. The third kappa shape index (κ3) is 8.45. The van der Waals surface area contributed by atoms with Gasteiger partial charge in [0.05, 0.1) is 10.6 Å². The number of hydrogen-bond acceptors (Lipinski definition) is 4. The third-order valence-corrected chi connectivity index (χ3v) is 9.94. The van der Waals surface area contributed by atoms with Crippen LogP contribution in [0.5, 0.6) is 0 Å². The molecule has 0 bridgehead atoms. The van der Waals surface area contributed by atoms with E-state index in [0.717, 1.165) is 15.4 Å². The number of carbonyl (C=O) groups is 2. The number of nitrogens with one attached hydrogen (secondary N) is 1. The van der Waals surface area contributed by atoms with Crippen LogP contribution in [0.25, 0.3) is 0 Å². The van der Waals surface area contributed by atoms with Crippen molar-refractivity contribution in [3.05, 3.63) is 129 Å². The molecule has 0 aliphatic carbocycles. The molecule has 0 aliphatic heterocycles. The van der Waals surface area contributed by atoms with Crippen LogP contribution < -0.4 is 9.62 Å². The van der Waals surface area contributed by atoms with Crippen LogP contribution in [0.4, 0.5) is 5.69 Å². The molecule has 0 fully saturated rings. The highest BCUT2D eigenvalue weighted by Gasteiger charge is 2.35. The lowest BCUT2D eigenvalue weighted by Crippen LogP contribution is -2.53. The monoisotopic (exact) mass is 665 g/mol. The lowest BCUT2D eigenvalue weighted by atomic mass is 10.0. The second-order valence-electron chi connectivity index (χ2n) is 10.8. The van der Waals surface area contributed by atoms with Crippen molar-refractivity contribution in [1.29, 1.82) is 0 Å². The van der Waals surface area contributed by atoms with E-state index >= 15 is 0 Å². The van der Waals surface area contributed by atoms with E-state index in [1.165, 1.54) is 17.0 Å². The summed E-state index contributed by atoms with van der Waals surface area (Å²) in [5.41, 5.74) is 3.17. The summed E-state index contributed by atoms with van der Waals surface area (Å²) in [6, 6.07) is 26.8. The summed E-state index contributed by atoms with van der Waals surface area (Å²) < 4.78 is 29.5. The normalized spacial score (nSPS) is 11.9. The molecule has 45 heavy (non-hydrogen) atoms. The summed E-state index contributed by atoms with van der Waals surface area (Å²) in [6.45, 7) is 5.34. The Labute approximate surface area is 275 Å². The van der Waals surface area contributed by atoms with E-state index in [1.54, 1.807) is 49.4 Å². The first-order valence-corrected chi connectivity index (χ1v) is 16.9. The Morgan fingerprint density at radius 3 is 2.09 bits per heavy atom. The van der Waals surface area contributed by atoms with Gasteiger partial charge < -0.3 is 10.2 Å². The fourth-order valence-electron chi connectivity index (χ4n) is 4.99. The van der Waals surface area contributed by atoms with E-state index in [0.29, 0.717) is 39.8 Å². The predicted octanol–water partition coefficient (Wildman–Crippen LogP) is 6.97. The topological polar surface area (TPSA) is 86.8 Å². The minimum absolute atomic E-state index is 0.0425. The zero-order chi connectivity index (χ0) is 32.6. The highest BCUT2D eigenvalue weighted by molar-refractivity contribution is 7.92. The summed E-state index contributed by atoms with van der Waals surface area (Å²) in [7, 11) is -4.20. The fourth-order valence-corrected chi connectivity index (χ4v) is 7.00. The maximum Gasteiger partial charge on any atom is 0.264 e. The van der Waals surface area contributed by atoms with E-state index < -0.39 is 28.5 Å². The predicted molar refractivity (Wildman–Crippen MR) is 181 cm³/mol. The van der Waals surface area contributed by atoms with Crippen LogP contribution in [0.2, 0.25) is 10.0 Å². The van der Waals surface area contributed by atoms with Gasteiger partial charge in [-0.15, -0.1) is 0 Å². The van der Waals surface area contributed by atoms with E-state index in [4.69, 9.17) is 23.2 Å². The van der Waals surface area contributed by atoms with Crippen LogP contribution in [-0.2, 0) is 32.6 Å². The number of sulfonamides is 1. The number of rotatable bonds is 13. The second kappa shape index (κ2) is 15.4. The molecule has 0 heterocycles. The molecule has 4 aromatic rings. The quantitative estimate of drug-likeness (QED) is 0.167. The molecule has 0 aromatic heterocycles. The summed E-state index contributed by atoms with van der Waals surface area (Å²) in [5, 5.41) is 3.59. The minimum Gasteiger partial charge on any atom is -0.354 e. The van der Waals surface area contributed by atoms with Crippen LogP contribution in [0.3, 0.4) is 0 Å². The van der Waals surface area contributed by atoms with E-state index in [9.17, 15) is 18.0 Å². The Balaban J connectivity index is 1.85. The number of nitrogens with zero attached hydrogens (tertiary/aromatic N) is 2. The molecule has 1 N–H and O–H groups in total. The molecule has 0 spiro atoms.